The second kappa shape index (κ2) is 6.82. The lowest BCUT2D eigenvalue weighted by molar-refractivity contribution is -0.0588. The van der Waals surface area contributed by atoms with E-state index in [1.165, 1.54) is 32.4 Å². The van der Waals surface area contributed by atoms with Gasteiger partial charge in [-0.05, 0) is 12.1 Å². The molecule has 1 aromatic rings. The molecule has 0 spiro atoms. The van der Waals surface area contributed by atoms with Crippen molar-refractivity contribution in [1.82, 2.24) is 4.72 Å². The maximum Gasteiger partial charge on any atom is 0.240 e. The third-order valence-electron chi connectivity index (χ3n) is 3.68. The van der Waals surface area contributed by atoms with Crippen LogP contribution < -0.4 is 14.2 Å². The van der Waals surface area contributed by atoms with Crippen LogP contribution in [0.5, 0.6) is 11.5 Å². The number of sulfonamides is 1. The fourth-order valence-corrected chi connectivity index (χ4v) is 3.36. The van der Waals surface area contributed by atoms with E-state index >= 15 is 0 Å². The van der Waals surface area contributed by atoms with Crippen LogP contribution in [0.15, 0.2) is 23.1 Å². The second-order valence-corrected chi connectivity index (χ2v) is 6.95. The Balaban J connectivity index is 2.13. The first-order valence-electron chi connectivity index (χ1n) is 6.92. The molecule has 1 heterocycles. The van der Waals surface area contributed by atoms with Gasteiger partial charge in [-0.2, -0.15) is 0 Å². The quantitative estimate of drug-likeness (QED) is 0.789. The fourth-order valence-electron chi connectivity index (χ4n) is 2.22. The molecule has 0 saturated carbocycles. The van der Waals surface area contributed by atoms with Crippen LogP contribution in [0, 0.1) is 0 Å². The summed E-state index contributed by atoms with van der Waals surface area (Å²) in [4.78, 5) is 0.0563. The van der Waals surface area contributed by atoms with Crippen LogP contribution in [-0.4, -0.2) is 53.1 Å². The van der Waals surface area contributed by atoms with Crippen molar-refractivity contribution in [3.05, 3.63) is 18.2 Å². The summed E-state index contributed by atoms with van der Waals surface area (Å²) in [6, 6.07) is 4.34. The van der Waals surface area contributed by atoms with Gasteiger partial charge in [0.2, 0.25) is 10.0 Å². The number of rotatable bonds is 6. The Labute approximate surface area is 130 Å². The maximum atomic E-state index is 12.3. The molecule has 1 fully saturated rings. The SMILES string of the molecule is COc1ccc(S(=O)(=O)NCC2(O)CCOCC2)cc1OC. The first-order valence-corrected chi connectivity index (χ1v) is 8.40. The van der Waals surface area contributed by atoms with Gasteiger partial charge in [0.25, 0.3) is 0 Å². The van der Waals surface area contributed by atoms with Crippen LogP contribution in [0.3, 0.4) is 0 Å². The van der Waals surface area contributed by atoms with Crippen LogP contribution >= 0.6 is 0 Å². The number of aliphatic hydroxyl groups is 1. The zero-order valence-corrected chi connectivity index (χ0v) is 13.5. The topological polar surface area (TPSA) is 94.1 Å². The Morgan fingerprint density at radius 3 is 2.45 bits per heavy atom. The molecule has 0 aliphatic carbocycles. The van der Waals surface area contributed by atoms with Gasteiger partial charge < -0.3 is 19.3 Å². The van der Waals surface area contributed by atoms with E-state index in [-0.39, 0.29) is 11.4 Å². The van der Waals surface area contributed by atoms with Gasteiger partial charge in [-0.3, -0.25) is 0 Å². The zero-order chi connectivity index (χ0) is 16.2. The molecule has 0 unspecified atom stereocenters. The van der Waals surface area contributed by atoms with Crippen LogP contribution in [-0.2, 0) is 14.8 Å². The molecule has 0 atom stereocenters. The summed E-state index contributed by atoms with van der Waals surface area (Å²) in [5, 5.41) is 10.3. The van der Waals surface area contributed by atoms with Gasteiger partial charge in [-0.25, -0.2) is 13.1 Å². The molecule has 0 bridgehead atoms. The predicted octanol–water partition coefficient (Wildman–Crippen LogP) is 0.524. The van der Waals surface area contributed by atoms with Crippen LogP contribution in [0.4, 0.5) is 0 Å². The van der Waals surface area contributed by atoms with Crippen LogP contribution in [0.1, 0.15) is 12.8 Å². The molecular formula is C14H21NO6S. The Kier molecular flexibility index (Phi) is 5.28. The molecule has 124 valence electrons. The van der Waals surface area contributed by atoms with E-state index in [1.807, 2.05) is 0 Å². The lowest BCUT2D eigenvalue weighted by Crippen LogP contribution is -2.46. The molecule has 2 N–H and O–H groups in total. The van der Waals surface area contributed by atoms with Crippen molar-refractivity contribution < 1.29 is 27.7 Å². The molecule has 22 heavy (non-hydrogen) atoms. The lowest BCUT2D eigenvalue weighted by Gasteiger charge is -2.31. The number of hydrogen-bond donors (Lipinski definition) is 2. The molecule has 1 saturated heterocycles. The summed E-state index contributed by atoms with van der Waals surface area (Å²) >= 11 is 0. The standard InChI is InChI=1S/C14H21NO6S/c1-19-12-4-3-11(9-13(12)20-2)22(17,18)15-10-14(16)5-7-21-8-6-14/h3-4,9,15-16H,5-8,10H2,1-2H3. The normalized spacial score (nSPS) is 18.0. The van der Waals surface area contributed by atoms with E-state index < -0.39 is 15.6 Å². The monoisotopic (exact) mass is 331 g/mol. The molecule has 1 aliphatic rings. The van der Waals surface area contributed by atoms with Crippen molar-refractivity contribution in [2.75, 3.05) is 34.0 Å². The highest BCUT2D eigenvalue weighted by Crippen LogP contribution is 2.29. The summed E-state index contributed by atoms with van der Waals surface area (Å²) in [5.74, 6) is 0.777. The van der Waals surface area contributed by atoms with E-state index in [1.54, 1.807) is 0 Å². The van der Waals surface area contributed by atoms with E-state index in [4.69, 9.17) is 14.2 Å². The third kappa shape index (κ3) is 3.89. The summed E-state index contributed by atoms with van der Waals surface area (Å²) in [6.45, 7) is 0.802. The lowest BCUT2D eigenvalue weighted by atomic mass is 9.95. The van der Waals surface area contributed by atoms with E-state index in [9.17, 15) is 13.5 Å². The van der Waals surface area contributed by atoms with E-state index in [0.29, 0.717) is 37.6 Å². The van der Waals surface area contributed by atoms with Crippen molar-refractivity contribution in [3.8, 4) is 11.5 Å². The summed E-state index contributed by atoms with van der Waals surface area (Å²) in [5.41, 5.74) is -1.07. The van der Waals surface area contributed by atoms with Crippen molar-refractivity contribution in [2.45, 2.75) is 23.3 Å². The highest BCUT2D eigenvalue weighted by molar-refractivity contribution is 7.89. The average molecular weight is 331 g/mol. The second-order valence-electron chi connectivity index (χ2n) is 5.18. The van der Waals surface area contributed by atoms with Crippen molar-refractivity contribution in [1.29, 1.82) is 0 Å². The minimum absolute atomic E-state index is 0.0486. The highest BCUT2D eigenvalue weighted by Gasteiger charge is 2.31. The minimum atomic E-state index is -3.74. The summed E-state index contributed by atoms with van der Waals surface area (Å²) in [7, 11) is -0.828. The van der Waals surface area contributed by atoms with Gasteiger partial charge in [0, 0.05) is 38.7 Å². The maximum absolute atomic E-state index is 12.3. The van der Waals surface area contributed by atoms with Crippen molar-refractivity contribution in [2.24, 2.45) is 0 Å². The van der Waals surface area contributed by atoms with Gasteiger partial charge in [0.05, 0.1) is 24.7 Å². The smallest absolute Gasteiger partial charge is 0.240 e. The molecule has 0 amide bonds. The van der Waals surface area contributed by atoms with Gasteiger partial charge in [0.15, 0.2) is 11.5 Å². The largest absolute Gasteiger partial charge is 0.493 e. The van der Waals surface area contributed by atoms with E-state index in [2.05, 4.69) is 4.72 Å². The Morgan fingerprint density at radius 1 is 1.23 bits per heavy atom. The van der Waals surface area contributed by atoms with Crippen molar-refractivity contribution >= 4 is 10.0 Å². The highest BCUT2D eigenvalue weighted by atomic mass is 32.2. The van der Waals surface area contributed by atoms with Crippen molar-refractivity contribution in [3.63, 3.8) is 0 Å². The molecule has 2 rings (SSSR count). The number of benzene rings is 1. The summed E-state index contributed by atoms with van der Waals surface area (Å²) in [6.07, 6.45) is 0.808. The average Bonchev–Trinajstić information content (AvgIpc) is 2.53. The van der Waals surface area contributed by atoms with Gasteiger partial charge in [-0.15, -0.1) is 0 Å². The first-order chi connectivity index (χ1) is 10.4. The van der Waals surface area contributed by atoms with Crippen LogP contribution in [0.25, 0.3) is 0 Å². The fraction of sp³-hybridized carbons (Fsp3) is 0.571. The zero-order valence-electron chi connectivity index (χ0n) is 12.7. The minimum Gasteiger partial charge on any atom is -0.493 e. The van der Waals surface area contributed by atoms with Gasteiger partial charge in [-0.1, -0.05) is 0 Å². The Bertz CT molecular complexity index is 610. The summed E-state index contributed by atoms with van der Waals surface area (Å²) < 4.78 is 42.5. The molecule has 8 heteroatoms. The van der Waals surface area contributed by atoms with Crippen LogP contribution in [0.2, 0.25) is 0 Å². The molecule has 1 aromatic carbocycles. The number of nitrogens with one attached hydrogen (secondary N) is 1. The predicted molar refractivity (Wildman–Crippen MR) is 79.7 cm³/mol. The molecule has 7 nitrogen and oxygen atoms in total. The number of methoxy groups -OCH3 is 2. The van der Waals surface area contributed by atoms with Gasteiger partial charge in [0.1, 0.15) is 0 Å². The number of ether oxygens (including phenoxy) is 3. The molecule has 1 aliphatic heterocycles. The van der Waals surface area contributed by atoms with Gasteiger partial charge >= 0.3 is 0 Å². The molecular weight excluding hydrogens is 310 g/mol. The van der Waals surface area contributed by atoms with E-state index in [0.717, 1.165) is 0 Å². The number of hydrogen-bond acceptors (Lipinski definition) is 6. The third-order valence-corrected chi connectivity index (χ3v) is 5.08. The Hall–Kier alpha value is -1.35. The Morgan fingerprint density at radius 2 is 1.86 bits per heavy atom. The molecule has 0 aromatic heterocycles. The first kappa shape index (κ1) is 17.0. The molecule has 0 radical (unpaired) electrons.